The van der Waals surface area contributed by atoms with Crippen molar-refractivity contribution >= 4 is 50.7 Å². The smallest absolute Gasteiger partial charge is 0.338 e. The highest BCUT2D eigenvalue weighted by Crippen LogP contribution is 2.32. The van der Waals surface area contributed by atoms with Crippen molar-refractivity contribution in [3.63, 3.8) is 0 Å². The number of amides is 1. The number of sulfonamides is 1. The Balaban J connectivity index is 1.76. The molecule has 3 aromatic carbocycles. The van der Waals surface area contributed by atoms with Crippen LogP contribution in [0.2, 0.25) is 0 Å². The predicted molar refractivity (Wildman–Crippen MR) is 168 cm³/mol. The van der Waals surface area contributed by atoms with Gasteiger partial charge in [0.2, 0.25) is 0 Å². The lowest BCUT2D eigenvalue weighted by Crippen LogP contribution is -2.42. The highest BCUT2D eigenvalue weighted by Gasteiger charge is 2.28. The van der Waals surface area contributed by atoms with Gasteiger partial charge in [-0.25, -0.2) is 13.2 Å². The van der Waals surface area contributed by atoms with E-state index in [2.05, 4.69) is 10.2 Å². The van der Waals surface area contributed by atoms with Gasteiger partial charge in [0.1, 0.15) is 10.3 Å². The zero-order valence-corrected chi connectivity index (χ0v) is 25.9. The molecule has 4 rings (SSSR count). The maximum Gasteiger partial charge on any atom is 0.364 e. The molecule has 0 aliphatic heterocycles. The number of anilines is 1. The number of carbonyl (C=O) groups is 2. The Morgan fingerprint density at radius 2 is 1.71 bits per heavy atom. The molecule has 1 amide bonds. The van der Waals surface area contributed by atoms with E-state index in [4.69, 9.17) is 4.89 Å². The molecular formula is C31H32N2O6S3. The van der Waals surface area contributed by atoms with Crippen LogP contribution in [-0.2, 0) is 31.1 Å². The Bertz CT molecular complexity index is 1610. The SMILES string of the molecule is COOC(=O)C(CCSC)NC(=O)c1ccc(CN(c2ccccc2)S(=O)(=O)c2cccs2)cc1-c1ccccc1C. The lowest BCUT2D eigenvalue weighted by Gasteiger charge is -2.25. The fraction of sp³-hybridized carbons (Fsp3) is 0.226. The summed E-state index contributed by atoms with van der Waals surface area (Å²) in [5.74, 6) is -0.516. The minimum Gasteiger partial charge on any atom is -0.338 e. The summed E-state index contributed by atoms with van der Waals surface area (Å²) >= 11 is 2.70. The third-order valence-electron chi connectivity index (χ3n) is 6.54. The Morgan fingerprint density at radius 1 is 0.976 bits per heavy atom. The van der Waals surface area contributed by atoms with E-state index in [1.165, 1.54) is 11.4 Å². The van der Waals surface area contributed by atoms with E-state index < -0.39 is 27.9 Å². The van der Waals surface area contributed by atoms with E-state index in [9.17, 15) is 18.0 Å². The van der Waals surface area contributed by atoms with Crippen LogP contribution in [0.3, 0.4) is 0 Å². The van der Waals surface area contributed by atoms with Gasteiger partial charge in [-0.1, -0.05) is 54.6 Å². The summed E-state index contributed by atoms with van der Waals surface area (Å²) in [6, 6.07) is 24.2. The molecule has 11 heteroatoms. The van der Waals surface area contributed by atoms with Crippen molar-refractivity contribution in [2.24, 2.45) is 0 Å². The molecule has 0 saturated carbocycles. The lowest BCUT2D eigenvalue weighted by atomic mass is 9.93. The van der Waals surface area contributed by atoms with E-state index in [1.807, 2.05) is 49.6 Å². The highest BCUT2D eigenvalue weighted by atomic mass is 32.2. The van der Waals surface area contributed by atoms with E-state index in [0.29, 0.717) is 34.6 Å². The summed E-state index contributed by atoms with van der Waals surface area (Å²) in [7, 11) is -2.62. The van der Waals surface area contributed by atoms with Crippen LogP contribution in [0, 0.1) is 6.92 Å². The largest absolute Gasteiger partial charge is 0.364 e. The zero-order chi connectivity index (χ0) is 30.1. The first kappa shape index (κ1) is 31.3. The van der Waals surface area contributed by atoms with Crippen LogP contribution in [0.5, 0.6) is 0 Å². The summed E-state index contributed by atoms with van der Waals surface area (Å²) in [5, 5.41) is 4.53. The third-order valence-corrected chi connectivity index (χ3v) is 10.3. The molecule has 42 heavy (non-hydrogen) atoms. The van der Waals surface area contributed by atoms with Gasteiger partial charge in [-0.3, -0.25) is 14.0 Å². The minimum absolute atomic E-state index is 0.0432. The van der Waals surface area contributed by atoms with Crippen LogP contribution in [0.25, 0.3) is 11.1 Å². The van der Waals surface area contributed by atoms with Crippen LogP contribution >= 0.6 is 23.1 Å². The number of aryl methyl sites for hydroxylation is 1. The Kier molecular flexibility index (Phi) is 10.8. The topological polar surface area (TPSA) is 102 Å². The Labute approximate surface area is 254 Å². The standard InChI is InChI=1S/C31H32N2O6S3/c1-22-10-7-8-13-25(22)27-20-23(15-16-26(27)30(34)32-28(17-19-40-3)31(35)39-38-2)21-33(24-11-5-4-6-12-24)42(36,37)29-14-9-18-41-29/h4-16,18,20,28H,17,19,21H2,1-3H3,(H,32,34). The molecule has 4 aromatic rings. The van der Waals surface area contributed by atoms with Gasteiger partial charge in [0.05, 0.1) is 19.3 Å². The van der Waals surface area contributed by atoms with Crippen LogP contribution in [0.1, 0.15) is 27.9 Å². The highest BCUT2D eigenvalue weighted by molar-refractivity contribution is 7.98. The number of benzene rings is 3. The normalized spacial score (nSPS) is 12.0. The van der Waals surface area contributed by atoms with E-state index in [0.717, 1.165) is 22.5 Å². The number of hydrogen-bond donors (Lipinski definition) is 1. The predicted octanol–water partition coefficient (Wildman–Crippen LogP) is 6.08. The molecule has 1 heterocycles. The van der Waals surface area contributed by atoms with Crippen molar-refractivity contribution in [1.82, 2.24) is 5.32 Å². The molecule has 1 N–H and O–H groups in total. The van der Waals surface area contributed by atoms with Gasteiger partial charge in [0, 0.05) is 5.56 Å². The summed E-state index contributed by atoms with van der Waals surface area (Å²) < 4.78 is 29.1. The second kappa shape index (κ2) is 14.5. The monoisotopic (exact) mass is 624 g/mol. The number of carbonyl (C=O) groups excluding carboxylic acids is 2. The van der Waals surface area contributed by atoms with Crippen molar-refractivity contribution in [2.75, 3.05) is 23.4 Å². The average molecular weight is 625 g/mol. The fourth-order valence-electron chi connectivity index (χ4n) is 4.44. The number of rotatable bonds is 13. The number of para-hydroxylation sites is 1. The molecule has 0 spiro atoms. The molecule has 1 atom stereocenters. The molecular weight excluding hydrogens is 593 g/mol. The lowest BCUT2D eigenvalue weighted by molar-refractivity contribution is -0.256. The van der Waals surface area contributed by atoms with Gasteiger partial charge in [-0.2, -0.15) is 16.6 Å². The Hall–Kier alpha value is -3.64. The first-order valence-electron chi connectivity index (χ1n) is 13.1. The van der Waals surface area contributed by atoms with Gasteiger partial charge < -0.3 is 5.32 Å². The molecule has 220 valence electrons. The number of nitrogens with zero attached hydrogens (tertiary/aromatic N) is 1. The summed E-state index contributed by atoms with van der Waals surface area (Å²) in [6.07, 6.45) is 2.27. The van der Waals surface area contributed by atoms with Crippen molar-refractivity contribution in [1.29, 1.82) is 0 Å². The summed E-state index contributed by atoms with van der Waals surface area (Å²) in [5.41, 5.74) is 3.93. The van der Waals surface area contributed by atoms with Crippen molar-refractivity contribution in [3.05, 3.63) is 107 Å². The van der Waals surface area contributed by atoms with Gasteiger partial charge in [0.25, 0.3) is 15.9 Å². The van der Waals surface area contributed by atoms with Crippen LogP contribution in [0.4, 0.5) is 5.69 Å². The molecule has 0 aliphatic rings. The van der Waals surface area contributed by atoms with Crippen molar-refractivity contribution in [3.8, 4) is 11.1 Å². The molecule has 1 aromatic heterocycles. The zero-order valence-electron chi connectivity index (χ0n) is 23.5. The quantitative estimate of drug-likeness (QED) is 0.142. The van der Waals surface area contributed by atoms with Crippen LogP contribution in [0.15, 0.2) is 94.5 Å². The summed E-state index contributed by atoms with van der Waals surface area (Å²) in [4.78, 5) is 35.4. The van der Waals surface area contributed by atoms with Crippen molar-refractivity contribution in [2.45, 2.75) is 30.1 Å². The molecule has 0 bridgehead atoms. The number of thiophene rings is 1. The van der Waals surface area contributed by atoms with Gasteiger partial charge in [0.15, 0.2) is 0 Å². The fourth-order valence-corrected chi connectivity index (χ4v) is 7.47. The maximum atomic E-state index is 13.7. The average Bonchev–Trinajstić information content (AvgIpc) is 3.55. The van der Waals surface area contributed by atoms with Crippen molar-refractivity contribution < 1.29 is 27.8 Å². The molecule has 1 unspecified atom stereocenters. The molecule has 0 saturated heterocycles. The van der Waals surface area contributed by atoms with E-state index in [-0.39, 0.29) is 10.8 Å². The number of thioether (sulfide) groups is 1. The first-order chi connectivity index (χ1) is 20.3. The maximum absolute atomic E-state index is 13.7. The molecule has 8 nitrogen and oxygen atoms in total. The number of nitrogens with one attached hydrogen (secondary N) is 1. The molecule has 0 fully saturated rings. The van der Waals surface area contributed by atoms with Gasteiger partial charge in [-0.05, 0) is 83.3 Å². The van der Waals surface area contributed by atoms with Crippen LogP contribution in [-0.4, -0.2) is 45.5 Å². The molecule has 0 aliphatic carbocycles. The second-order valence-corrected chi connectivity index (χ2v) is 13.4. The minimum atomic E-state index is -3.85. The van der Waals surface area contributed by atoms with Gasteiger partial charge in [-0.15, -0.1) is 11.3 Å². The second-order valence-electron chi connectivity index (χ2n) is 9.35. The Morgan fingerprint density at radius 3 is 2.38 bits per heavy atom. The third kappa shape index (κ3) is 7.40. The summed E-state index contributed by atoms with van der Waals surface area (Å²) in [6.45, 7) is 1.99. The van der Waals surface area contributed by atoms with Crippen LogP contribution < -0.4 is 9.62 Å². The van der Waals surface area contributed by atoms with E-state index in [1.54, 1.807) is 65.7 Å². The number of hydrogen-bond acceptors (Lipinski definition) is 8. The van der Waals surface area contributed by atoms with E-state index >= 15 is 0 Å². The first-order valence-corrected chi connectivity index (χ1v) is 16.8. The van der Waals surface area contributed by atoms with Gasteiger partial charge >= 0.3 is 5.97 Å². The molecule has 0 radical (unpaired) electrons.